The summed E-state index contributed by atoms with van der Waals surface area (Å²) in [6, 6.07) is 5.28. The average molecular weight is 312 g/mol. The number of amides is 1. The summed E-state index contributed by atoms with van der Waals surface area (Å²) in [5.41, 5.74) is 0.705. The Morgan fingerprint density at radius 3 is 2.52 bits per heavy atom. The first-order valence-corrected chi connectivity index (χ1v) is 6.99. The predicted octanol–water partition coefficient (Wildman–Crippen LogP) is 2.14. The third-order valence-electron chi connectivity index (χ3n) is 3.23. The van der Waals surface area contributed by atoms with Crippen LogP contribution in [0.25, 0.3) is 5.03 Å². The molecule has 0 unspecified atom stereocenters. The molecule has 6 heteroatoms. The van der Waals surface area contributed by atoms with Crippen molar-refractivity contribution in [3.8, 4) is 11.5 Å². The molecule has 0 aromatic heterocycles. The van der Waals surface area contributed by atoms with Gasteiger partial charge in [0, 0.05) is 19.2 Å². The van der Waals surface area contributed by atoms with E-state index in [-0.39, 0.29) is 5.91 Å². The lowest BCUT2D eigenvalue weighted by Gasteiger charge is -2.25. The zero-order valence-corrected chi connectivity index (χ0v) is 12.9. The van der Waals surface area contributed by atoms with Crippen LogP contribution < -0.4 is 9.47 Å². The summed E-state index contributed by atoms with van der Waals surface area (Å²) in [4.78, 5) is 13.8. The Bertz CT molecular complexity index is 538. The number of nitrogens with zero attached hydrogens (tertiary/aromatic N) is 1. The molecule has 0 bridgehead atoms. The van der Waals surface area contributed by atoms with Gasteiger partial charge in [0.2, 0.25) is 5.91 Å². The van der Waals surface area contributed by atoms with Crippen LogP contribution in [0, 0.1) is 0 Å². The lowest BCUT2D eigenvalue weighted by Crippen LogP contribution is -2.39. The van der Waals surface area contributed by atoms with E-state index < -0.39 is 0 Å². The smallest absolute Gasteiger partial charge is 0.248 e. The van der Waals surface area contributed by atoms with Crippen molar-refractivity contribution in [2.75, 3.05) is 40.5 Å². The van der Waals surface area contributed by atoms with E-state index in [2.05, 4.69) is 0 Å². The van der Waals surface area contributed by atoms with Gasteiger partial charge in [-0.15, -0.1) is 0 Å². The number of ether oxygens (including phenoxy) is 3. The van der Waals surface area contributed by atoms with Gasteiger partial charge in [-0.05, 0) is 23.8 Å². The molecule has 1 aliphatic rings. The maximum Gasteiger partial charge on any atom is 0.248 e. The monoisotopic (exact) mass is 311 g/mol. The molecule has 21 heavy (non-hydrogen) atoms. The van der Waals surface area contributed by atoms with Gasteiger partial charge in [-0.3, -0.25) is 4.79 Å². The lowest BCUT2D eigenvalue weighted by atomic mass is 10.1. The first kappa shape index (κ1) is 15.7. The normalized spacial score (nSPS) is 15.8. The van der Waals surface area contributed by atoms with Gasteiger partial charge < -0.3 is 19.1 Å². The number of hydrogen-bond donors (Lipinski definition) is 0. The first-order valence-electron chi connectivity index (χ1n) is 6.62. The Balaban J connectivity index is 2.16. The van der Waals surface area contributed by atoms with E-state index in [1.165, 1.54) is 6.08 Å². The molecule has 0 atom stereocenters. The number of morpholine rings is 1. The largest absolute Gasteiger partial charge is 0.493 e. The third-order valence-corrected chi connectivity index (χ3v) is 3.56. The molecule has 1 amide bonds. The van der Waals surface area contributed by atoms with Gasteiger partial charge in [0.1, 0.15) is 0 Å². The Morgan fingerprint density at radius 2 is 1.90 bits per heavy atom. The summed E-state index contributed by atoms with van der Waals surface area (Å²) in [6.45, 7) is 2.30. The Hall–Kier alpha value is -1.72. The minimum Gasteiger partial charge on any atom is -0.493 e. The van der Waals surface area contributed by atoms with Crippen molar-refractivity contribution in [2.24, 2.45) is 0 Å². The number of benzene rings is 1. The molecule has 0 aliphatic carbocycles. The van der Waals surface area contributed by atoms with Crippen LogP contribution in [0.4, 0.5) is 0 Å². The van der Waals surface area contributed by atoms with E-state index in [0.717, 1.165) is 0 Å². The minimum atomic E-state index is -0.113. The fraction of sp³-hybridized carbons (Fsp3) is 0.400. The standard InChI is InChI=1S/C15H18ClNO4/c1-19-13-4-3-11(9-14(13)20-2)12(16)10-15(18)17-5-7-21-8-6-17/h3-4,9-10H,5-8H2,1-2H3/b12-10+. The van der Waals surface area contributed by atoms with Crippen molar-refractivity contribution in [3.05, 3.63) is 29.8 Å². The minimum absolute atomic E-state index is 0.113. The molecule has 1 heterocycles. The number of rotatable bonds is 4. The van der Waals surface area contributed by atoms with E-state index in [4.69, 9.17) is 25.8 Å². The molecule has 0 saturated carbocycles. The predicted molar refractivity (Wildman–Crippen MR) is 80.8 cm³/mol. The molecule has 1 fully saturated rings. The van der Waals surface area contributed by atoms with Gasteiger partial charge in [0.25, 0.3) is 0 Å². The van der Waals surface area contributed by atoms with Crippen molar-refractivity contribution in [3.63, 3.8) is 0 Å². The van der Waals surface area contributed by atoms with Crippen molar-refractivity contribution in [1.29, 1.82) is 0 Å². The number of halogens is 1. The molecule has 0 spiro atoms. The molecule has 0 N–H and O–H groups in total. The summed E-state index contributed by atoms with van der Waals surface area (Å²) < 4.78 is 15.6. The zero-order chi connectivity index (χ0) is 15.2. The van der Waals surface area contributed by atoms with Crippen LogP contribution in [0.3, 0.4) is 0 Å². The Labute approximate surface area is 129 Å². The van der Waals surface area contributed by atoms with Crippen LogP contribution in [0.2, 0.25) is 0 Å². The number of methoxy groups -OCH3 is 2. The Kier molecular flexibility index (Phi) is 5.47. The highest BCUT2D eigenvalue weighted by atomic mass is 35.5. The SMILES string of the molecule is COc1ccc(/C(Cl)=C\C(=O)N2CCOCC2)cc1OC. The van der Waals surface area contributed by atoms with Crippen LogP contribution in [0.15, 0.2) is 24.3 Å². The van der Waals surface area contributed by atoms with Crippen molar-refractivity contribution >= 4 is 22.5 Å². The molecular weight excluding hydrogens is 294 g/mol. The second-order valence-electron chi connectivity index (χ2n) is 4.50. The lowest BCUT2D eigenvalue weighted by molar-refractivity contribution is -0.129. The van der Waals surface area contributed by atoms with Crippen molar-refractivity contribution in [2.45, 2.75) is 0 Å². The second-order valence-corrected chi connectivity index (χ2v) is 4.91. The van der Waals surface area contributed by atoms with Gasteiger partial charge >= 0.3 is 0 Å². The molecule has 5 nitrogen and oxygen atoms in total. The van der Waals surface area contributed by atoms with Gasteiger partial charge in [-0.1, -0.05) is 11.6 Å². The van der Waals surface area contributed by atoms with Crippen LogP contribution in [0.1, 0.15) is 5.56 Å². The van der Waals surface area contributed by atoms with E-state index >= 15 is 0 Å². The van der Waals surface area contributed by atoms with Gasteiger partial charge in [0.15, 0.2) is 11.5 Å². The second kappa shape index (κ2) is 7.33. The van der Waals surface area contributed by atoms with Crippen LogP contribution in [-0.2, 0) is 9.53 Å². The molecule has 1 saturated heterocycles. The van der Waals surface area contributed by atoms with Crippen molar-refractivity contribution < 1.29 is 19.0 Å². The fourth-order valence-corrected chi connectivity index (χ4v) is 2.26. The molecule has 1 aromatic carbocycles. The maximum atomic E-state index is 12.1. The maximum absolute atomic E-state index is 12.1. The molecular formula is C15H18ClNO4. The van der Waals surface area contributed by atoms with Crippen LogP contribution >= 0.6 is 11.6 Å². The van der Waals surface area contributed by atoms with Gasteiger partial charge in [0.05, 0.1) is 32.5 Å². The molecule has 1 aliphatic heterocycles. The summed E-state index contributed by atoms with van der Waals surface area (Å²) in [6.07, 6.45) is 1.42. The summed E-state index contributed by atoms with van der Waals surface area (Å²) in [5.74, 6) is 1.07. The summed E-state index contributed by atoms with van der Waals surface area (Å²) in [7, 11) is 3.12. The van der Waals surface area contributed by atoms with Gasteiger partial charge in [-0.2, -0.15) is 0 Å². The van der Waals surface area contributed by atoms with Crippen LogP contribution in [0.5, 0.6) is 11.5 Å². The number of hydrogen-bond acceptors (Lipinski definition) is 4. The fourth-order valence-electron chi connectivity index (χ4n) is 2.05. The highest BCUT2D eigenvalue weighted by molar-refractivity contribution is 6.50. The summed E-state index contributed by atoms with van der Waals surface area (Å²) in [5, 5.41) is 0.368. The third kappa shape index (κ3) is 3.89. The zero-order valence-electron chi connectivity index (χ0n) is 12.1. The topological polar surface area (TPSA) is 48.0 Å². The van der Waals surface area contributed by atoms with E-state index in [1.54, 1.807) is 37.3 Å². The molecule has 114 valence electrons. The average Bonchev–Trinajstić information content (AvgIpc) is 2.54. The first-order chi connectivity index (χ1) is 10.2. The molecule has 0 radical (unpaired) electrons. The van der Waals surface area contributed by atoms with Crippen LogP contribution in [-0.4, -0.2) is 51.3 Å². The highest BCUT2D eigenvalue weighted by Crippen LogP contribution is 2.31. The number of carbonyl (C=O) groups excluding carboxylic acids is 1. The van der Waals surface area contributed by atoms with E-state index in [1.807, 2.05) is 0 Å². The quantitative estimate of drug-likeness (QED) is 0.799. The van der Waals surface area contributed by atoms with Crippen molar-refractivity contribution in [1.82, 2.24) is 4.90 Å². The van der Waals surface area contributed by atoms with E-state index in [9.17, 15) is 4.79 Å². The summed E-state index contributed by atoms with van der Waals surface area (Å²) >= 11 is 6.23. The van der Waals surface area contributed by atoms with Gasteiger partial charge in [-0.25, -0.2) is 0 Å². The number of carbonyl (C=O) groups is 1. The highest BCUT2D eigenvalue weighted by Gasteiger charge is 2.16. The van der Waals surface area contributed by atoms with E-state index in [0.29, 0.717) is 48.4 Å². The molecule has 2 rings (SSSR count). The Morgan fingerprint density at radius 1 is 1.24 bits per heavy atom. The molecule has 1 aromatic rings.